The minimum Gasteiger partial charge on any atom is -0.324 e. The van der Waals surface area contributed by atoms with E-state index in [1.54, 1.807) is 30.0 Å². The summed E-state index contributed by atoms with van der Waals surface area (Å²) in [5.41, 5.74) is 6.69. The third kappa shape index (κ3) is 6.33. The van der Waals surface area contributed by atoms with Crippen LogP contribution in [0.3, 0.4) is 0 Å². The van der Waals surface area contributed by atoms with E-state index in [1.165, 1.54) is 0 Å². The molecular formula is C15H19ClN2OS. The molecule has 1 aromatic rings. The van der Waals surface area contributed by atoms with Crippen molar-refractivity contribution in [2.45, 2.75) is 25.5 Å². The molecule has 0 aromatic heterocycles. The summed E-state index contributed by atoms with van der Waals surface area (Å²) in [6.07, 6.45) is 0. The van der Waals surface area contributed by atoms with Crippen LogP contribution in [0, 0.1) is 11.8 Å². The van der Waals surface area contributed by atoms with E-state index < -0.39 is 0 Å². The molecule has 0 unspecified atom stereocenters. The van der Waals surface area contributed by atoms with Crippen molar-refractivity contribution < 1.29 is 4.79 Å². The molecule has 0 atom stereocenters. The van der Waals surface area contributed by atoms with Gasteiger partial charge in [0.25, 0.3) is 0 Å². The summed E-state index contributed by atoms with van der Waals surface area (Å²) in [6.45, 7) is 6.51. The Morgan fingerprint density at radius 2 is 2.15 bits per heavy atom. The molecule has 1 amide bonds. The van der Waals surface area contributed by atoms with Crippen LogP contribution in [-0.2, 0) is 4.79 Å². The lowest BCUT2D eigenvalue weighted by Crippen LogP contribution is -2.19. The number of anilines is 1. The van der Waals surface area contributed by atoms with Gasteiger partial charge in [-0.2, -0.15) is 0 Å². The zero-order valence-electron chi connectivity index (χ0n) is 11.9. The number of hydrogen-bond acceptors (Lipinski definition) is 3. The maximum Gasteiger partial charge on any atom is 0.234 e. The highest BCUT2D eigenvalue weighted by Gasteiger charge is 2.14. The zero-order chi connectivity index (χ0) is 15.2. The van der Waals surface area contributed by atoms with Crippen LogP contribution in [0.1, 0.15) is 26.3 Å². The Labute approximate surface area is 129 Å². The van der Waals surface area contributed by atoms with Gasteiger partial charge in [-0.1, -0.05) is 44.2 Å². The van der Waals surface area contributed by atoms with E-state index in [4.69, 9.17) is 17.3 Å². The van der Waals surface area contributed by atoms with Gasteiger partial charge in [0, 0.05) is 10.3 Å². The first-order valence-corrected chi connectivity index (χ1v) is 7.60. The van der Waals surface area contributed by atoms with Crippen molar-refractivity contribution in [1.29, 1.82) is 0 Å². The van der Waals surface area contributed by atoms with Gasteiger partial charge in [0.05, 0.1) is 23.0 Å². The molecule has 0 radical (unpaired) electrons. The van der Waals surface area contributed by atoms with Crippen molar-refractivity contribution in [1.82, 2.24) is 0 Å². The second-order valence-corrected chi connectivity index (χ2v) is 7.36. The zero-order valence-corrected chi connectivity index (χ0v) is 13.5. The monoisotopic (exact) mass is 310 g/mol. The standard InChI is InChI=1S/C15H19ClN2OS/c1-15(2,3)20-10-14(19)18-13-9-11(5-4-8-17)6-7-12(13)16/h6-7,9H,8,10,17H2,1-3H3,(H,18,19). The first kappa shape index (κ1) is 16.9. The number of nitrogens with two attached hydrogens (primary N) is 1. The molecule has 0 aliphatic carbocycles. The SMILES string of the molecule is CC(C)(C)SCC(=O)Nc1cc(C#CCN)ccc1Cl. The molecule has 0 saturated heterocycles. The fraction of sp³-hybridized carbons (Fsp3) is 0.400. The quantitative estimate of drug-likeness (QED) is 0.843. The van der Waals surface area contributed by atoms with Crippen molar-refractivity contribution in [2.75, 3.05) is 17.6 Å². The van der Waals surface area contributed by atoms with Crippen molar-refractivity contribution in [3.05, 3.63) is 28.8 Å². The highest BCUT2D eigenvalue weighted by atomic mass is 35.5. The molecule has 0 aliphatic heterocycles. The van der Waals surface area contributed by atoms with Gasteiger partial charge in [-0.25, -0.2) is 0 Å². The molecule has 5 heteroatoms. The van der Waals surface area contributed by atoms with E-state index in [9.17, 15) is 4.79 Å². The second kappa shape index (κ2) is 7.58. The Morgan fingerprint density at radius 3 is 2.75 bits per heavy atom. The predicted molar refractivity (Wildman–Crippen MR) is 88.2 cm³/mol. The van der Waals surface area contributed by atoms with Crippen molar-refractivity contribution in [3.63, 3.8) is 0 Å². The van der Waals surface area contributed by atoms with E-state index in [-0.39, 0.29) is 10.7 Å². The van der Waals surface area contributed by atoms with Gasteiger partial charge in [0.2, 0.25) is 5.91 Å². The number of benzene rings is 1. The number of rotatable bonds is 3. The lowest BCUT2D eigenvalue weighted by molar-refractivity contribution is -0.113. The Bertz CT molecular complexity index is 541. The van der Waals surface area contributed by atoms with Crippen LogP contribution in [0.5, 0.6) is 0 Å². The maximum atomic E-state index is 11.9. The van der Waals surface area contributed by atoms with E-state index in [1.807, 2.05) is 0 Å². The lowest BCUT2D eigenvalue weighted by atomic mass is 10.2. The molecule has 0 bridgehead atoms. The fourth-order valence-electron chi connectivity index (χ4n) is 1.32. The average molecular weight is 311 g/mol. The summed E-state index contributed by atoms with van der Waals surface area (Å²) in [5.74, 6) is 5.99. The summed E-state index contributed by atoms with van der Waals surface area (Å²) >= 11 is 7.66. The van der Waals surface area contributed by atoms with E-state index >= 15 is 0 Å². The molecule has 1 aromatic carbocycles. The third-order valence-electron chi connectivity index (χ3n) is 2.21. The molecule has 0 saturated carbocycles. The van der Waals surface area contributed by atoms with Gasteiger partial charge in [-0.15, -0.1) is 11.8 Å². The Hall–Kier alpha value is -1.15. The molecule has 3 N–H and O–H groups in total. The van der Waals surface area contributed by atoms with Crippen LogP contribution in [0.15, 0.2) is 18.2 Å². The van der Waals surface area contributed by atoms with Crippen LogP contribution in [0.2, 0.25) is 5.02 Å². The summed E-state index contributed by atoms with van der Waals surface area (Å²) < 4.78 is 0.0512. The number of halogens is 1. The largest absolute Gasteiger partial charge is 0.324 e. The lowest BCUT2D eigenvalue weighted by Gasteiger charge is -2.17. The summed E-state index contributed by atoms with van der Waals surface area (Å²) in [5, 5.41) is 3.31. The van der Waals surface area contributed by atoms with E-state index in [2.05, 4.69) is 37.9 Å². The van der Waals surface area contributed by atoms with Crippen LogP contribution in [0.4, 0.5) is 5.69 Å². The topological polar surface area (TPSA) is 55.1 Å². The minimum atomic E-state index is -0.0734. The molecule has 3 nitrogen and oxygen atoms in total. The molecule has 108 valence electrons. The average Bonchev–Trinajstić information content (AvgIpc) is 2.36. The van der Waals surface area contributed by atoms with E-state index in [0.717, 1.165) is 5.56 Å². The highest BCUT2D eigenvalue weighted by Crippen LogP contribution is 2.25. The number of thioether (sulfide) groups is 1. The van der Waals surface area contributed by atoms with Gasteiger partial charge in [-0.3, -0.25) is 4.79 Å². The fourth-order valence-corrected chi connectivity index (χ4v) is 2.12. The molecular weight excluding hydrogens is 292 g/mol. The van der Waals surface area contributed by atoms with Crippen LogP contribution in [0.25, 0.3) is 0 Å². The van der Waals surface area contributed by atoms with Crippen LogP contribution >= 0.6 is 23.4 Å². The van der Waals surface area contributed by atoms with Gasteiger partial charge >= 0.3 is 0 Å². The van der Waals surface area contributed by atoms with Crippen molar-refractivity contribution >= 4 is 35.0 Å². The Morgan fingerprint density at radius 1 is 1.45 bits per heavy atom. The van der Waals surface area contributed by atoms with Crippen molar-refractivity contribution in [2.24, 2.45) is 5.73 Å². The maximum absolute atomic E-state index is 11.9. The number of nitrogens with one attached hydrogen (secondary N) is 1. The summed E-state index contributed by atoms with van der Waals surface area (Å²) in [7, 11) is 0. The summed E-state index contributed by atoms with van der Waals surface area (Å²) in [6, 6.07) is 5.27. The molecule has 1 rings (SSSR count). The molecule has 0 spiro atoms. The second-order valence-electron chi connectivity index (χ2n) is 5.15. The van der Waals surface area contributed by atoms with Gasteiger partial charge < -0.3 is 11.1 Å². The number of carbonyl (C=O) groups is 1. The summed E-state index contributed by atoms with van der Waals surface area (Å²) in [4.78, 5) is 11.9. The minimum absolute atomic E-state index is 0.0512. The number of hydrogen-bond donors (Lipinski definition) is 2. The van der Waals surface area contributed by atoms with Gasteiger partial charge in [0.1, 0.15) is 0 Å². The molecule has 20 heavy (non-hydrogen) atoms. The molecule has 0 fully saturated rings. The van der Waals surface area contributed by atoms with Crippen molar-refractivity contribution in [3.8, 4) is 11.8 Å². The van der Waals surface area contributed by atoms with Gasteiger partial charge in [0.15, 0.2) is 0 Å². The molecule has 0 heterocycles. The Kier molecular flexibility index (Phi) is 6.41. The third-order valence-corrected chi connectivity index (χ3v) is 3.81. The predicted octanol–water partition coefficient (Wildman–Crippen LogP) is 3.12. The van der Waals surface area contributed by atoms with Gasteiger partial charge in [-0.05, 0) is 18.2 Å². The normalized spacial score (nSPS) is 10.7. The Balaban J connectivity index is 2.73. The highest BCUT2D eigenvalue weighted by molar-refractivity contribution is 8.01. The van der Waals surface area contributed by atoms with E-state index in [0.29, 0.717) is 23.0 Å². The molecule has 0 aliphatic rings. The smallest absolute Gasteiger partial charge is 0.234 e. The van der Waals surface area contributed by atoms with Crippen LogP contribution < -0.4 is 11.1 Å². The number of amides is 1. The first-order valence-electron chi connectivity index (χ1n) is 6.24. The number of carbonyl (C=O) groups excluding carboxylic acids is 1. The van der Waals surface area contributed by atoms with Crippen LogP contribution in [-0.4, -0.2) is 23.0 Å². The first-order chi connectivity index (χ1) is 9.31.